The van der Waals surface area contributed by atoms with Crippen molar-refractivity contribution in [3.63, 3.8) is 0 Å². The zero-order valence-electron chi connectivity index (χ0n) is 13.5. The summed E-state index contributed by atoms with van der Waals surface area (Å²) < 4.78 is 1.86. The molecule has 6 nitrogen and oxygen atoms in total. The molecule has 0 radical (unpaired) electrons. The number of nitrogens with one attached hydrogen (secondary N) is 2. The molecule has 24 heavy (non-hydrogen) atoms. The fraction of sp³-hybridized carbons (Fsp3) is 0.167. The highest BCUT2D eigenvalue weighted by Gasteiger charge is 2.14. The lowest BCUT2D eigenvalue weighted by atomic mass is 10.1. The summed E-state index contributed by atoms with van der Waals surface area (Å²) in [6.45, 7) is 4.39. The Bertz CT molecular complexity index is 1060. The van der Waals surface area contributed by atoms with Crippen molar-refractivity contribution in [2.24, 2.45) is 0 Å². The van der Waals surface area contributed by atoms with Crippen molar-refractivity contribution in [3.8, 4) is 0 Å². The molecule has 120 valence electrons. The lowest BCUT2D eigenvalue weighted by molar-refractivity contribution is 0.0951. The van der Waals surface area contributed by atoms with Crippen LogP contribution in [0.2, 0.25) is 0 Å². The molecule has 3 heterocycles. The maximum atomic E-state index is 12.6. The average molecular weight is 319 g/mol. The minimum atomic E-state index is -0.130. The molecule has 0 aliphatic rings. The Hall–Kier alpha value is -3.15. The molecule has 0 unspecified atom stereocenters. The standard InChI is InChI=1S/C18H17N5O/c1-11-12(2)20-17-13(11)6-5-7-14(17)18(24)19-10-16-22-21-15-8-3-4-9-23(15)16/h3-9,20H,10H2,1-2H3,(H,19,24). The van der Waals surface area contributed by atoms with E-state index in [2.05, 4.69) is 27.4 Å². The predicted molar refractivity (Wildman–Crippen MR) is 91.9 cm³/mol. The van der Waals surface area contributed by atoms with Crippen molar-refractivity contribution in [2.75, 3.05) is 0 Å². The van der Waals surface area contributed by atoms with E-state index < -0.39 is 0 Å². The predicted octanol–water partition coefficient (Wildman–Crippen LogP) is 2.76. The molecule has 3 aromatic heterocycles. The maximum absolute atomic E-state index is 12.6. The molecule has 0 saturated carbocycles. The first-order valence-electron chi connectivity index (χ1n) is 7.80. The monoisotopic (exact) mass is 319 g/mol. The Morgan fingerprint density at radius 3 is 2.92 bits per heavy atom. The summed E-state index contributed by atoms with van der Waals surface area (Å²) in [5, 5.41) is 12.2. The molecule has 0 spiro atoms. The smallest absolute Gasteiger partial charge is 0.253 e. The lowest BCUT2D eigenvalue weighted by Crippen LogP contribution is -2.24. The Balaban J connectivity index is 1.62. The lowest BCUT2D eigenvalue weighted by Gasteiger charge is -2.05. The SMILES string of the molecule is Cc1[nH]c2c(C(=O)NCc3nnc4ccccn34)cccc2c1C. The number of hydrogen-bond donors (Lipinski definition) is 2. The number of para-hydroxylation sites is 1. The van der Waals surface area contributed by atoms with Crippen LogP contribution in [-0.4, -0.2) is 25.5 Å². The van der Waals surface area contributed by atoms with Gasteiger partial charge < -0.3 is 10.3 Å². The first kappa shape index (κ1) is 14.4. The van der Waals surface area contributed by atoms with Crippen molar-refractivity contribution in [1.82, 2.24) is 24.9 Å². The fourth-order valence-electron chi connectivity index (χ4n) is 2.94. The van der Waals surface area contributed by atoms with Gasteiger partial charge in [0.2, 0.25) is 0 Å². The van der Waals surface area contributed by atoms with Crippen molar-refractivity contribution >= 4 is 22.5 Å². The van der Waals surface area contributed by atoms with Gasteiger partial charge in [0.1, 0.15) is 0 Å². The Labute approximate surface area is 138 Å². The Morgan fingerprint density at radius 1 is 1.17 bits per heavy atom. The number of nitrogens with zero attached hydrogens (tertiary/aromatic N) is 3. The number of H-pyrrole nitrogens is 1. The highest BCUT2D eigenvalue weighted by molar-refractivity contribution is 6.06. The van der Waals surface area contributed by atoms with Crippen LogP contribution in [0.3, 0.4) is 0 Å². The molecule has 0 fully saturated rings. The van der Waals surface area contributed by atoms with Crippen LogP contribution in [0, 0.1) is 13.8 Å². The van der Waals surface area contributed by atoms with Gasteiger partial charge in [0.15, 0.2) is 11.5 Å². The highest BCUT2D eigenvalue weighted by atomic mass is 16.1. The summed E-state index contributed by atoms with van der Waals surface area (Å²) in [6.07, 6.45) is 1.88. The topological polar surface area (TPSA) is 75.1 Å². The minimum absolute atomic E-state index is 0.130. The number of amides is 1. The molecule has 1 aromatic carbocycles. The third-order valence-corrected chi connectivity index (χ3v) is 4.38. The van der Waals surface area contributed by atoms with Crippen LogP contribution in [0.4, 0.5) is 0 Å². The van der Waals surface area contributed by atoms with Crippen LogP contribution < -0.4 is 5.32 Å². The molecule has 2 N–H and O–H groups in total. The number of rotatable bonds is 3. The molecule has 0 aliphatic carbocycles. The number of fused-ring (bicyclic) bond motifs is 2. The first-order valence-corrected chi connectivity index (χ1v) is 7.80. The van der Waals surface area contributed by atoms with E-state index >= 15 is 0 Å². The molecule has 0 saturated heterocycles. The maximum Gasteiger partial charge on any atom is 0.253 e. The summed E-state index contributed by atoms with van der Waals surface area (Å²) in [4.78, 5) is 15.9. The second kappa shape index (κ2) is 5.49. The van der Waals surface area contributed by atoms with Crippen molar-refractivity contribution in [2.45, 2.75) is 20.4 Å². The summed E-state index contributed by atoms with van der Waals surface area (Å²) in [5.74, 6) is 0.569. The van der Waals surface area contributed by atoms with Crippen LogP contribution in [0.25, 0.3) is 16.6 Å². The molecule has 4 rings (SSSR count). The van der Waals surface area contributed by atoms with E-state index in [-0.39, 0.29) is 5.91 Å². The number of carbonyl (C=O) groups excluding carboxylic acids is 1. The van der Waals surface area contributed by atoms with Gasteiger partial charge in [0.05, 0.1) is 17.6 Å². The normalized spacial score (nSPS) is 11.2. The van der Waals surface area contributed by atoms with Gasteiger partial charge in [-0.15, -0.1) is 10.2 Å². The van der Waals surface area contributed by atoms with Gasteiger partial charge in [-0.3, -0.25) is 9.20 Å². The fourth-order valence-corrected chi connectivity index (χ4v) is 2.94. The molecule has 4 aromatic rings. The van der Waals surface area contributed by atoms with Gasteiger partial charge in [0.25, 0.3) is 5.91 Å². The van der Waals surface area contributed by atoms with E-state index in [9.17, 15) is 4.79 Å². The number of aromatic nitrogens is 4. The van der Waals surface area contributed by atoms with Crippen LogP contribution >= 0.6 is 0 Å². The van der Waals surface area contributed by atoms with Crippen molar-refractivity contribution < 1.29 is 4.79 Å². The zero-order chi connectivity index (χ0) is 16.7. The van der Waals surface area contributed by atoms with Gasteiger partial charge in [-0.2, -0.15) is 0 Å². The number of hydrogen-bond acceptors (Lipinski definition) is 3. The van der Waals surface area contributed by atoms with E-state index in [0.717, 1.165) is 22.2 Å². The third-order valence-electron chi connectivity index (χ3n) is 4.38. The number of aromatic amines is 1. The van der Waals surface area contributed by atoms with E-state index in [1.54, 1.807) is 0 Å². The van der Waals surface area contributed by atoms with Crippen LogP contribution in [-0.2, 0) is 6.54 Å². The quantitative estimate of drug-likeness (QED) is 0.610. The Kier molecular flexibility index (Phi) is 3.30. The summed E-state index contributed by atoms with van der Waals surface area (Å²) >= 11 is 0. The molecular weight excluding hydrogens is 302 g/mol. The van der Waals surface area contributed by atoms with Gasteiger partial charge in [-0.05, 0) is 37.6 Å². The number of aryl methyl sites for hydroxylation is 2. The van der Waals surface area contributed by atoms with Gasteiger partial charge >= 0.3 is 0 Å². The number of pyridine rings is 1. The van der Waals surface area contributed by atoms with E-state index in [1.165, 1.54) is 5.56 Å². The zero-order valence-corrected chi connectivity index (χ0v) is 13.5. The second-order valence-corrected chi connectivity index (χ2v) is 5.83. The van der Waals surface area contributed by atoms with E-state index in [4.69, 9.17) is 0 Å². The van der Waals surface area contributed by atoms with Gasteiger partial charge in [0, 0.05) is 17.3 Å². The van der Waals surface area contributed by atoms with E-state index in [1.807, 2.05) is 53.9 Å². The molecule has 0 atom stereocenters. The van der Waals surface area contributed by atoms with Crippen LogP contribution in [0.5, 0.6) is 0 Å². The number of benzene rings is 1. The van der Waals surface area contributed by atoms with Gasteiger partial charge in [-0.1, -0.05) is 18.2 Å². The molecular formula is C18H17N5O. The van der Waals surface area contributed by atoms with E-state index in [0.29, 0.717) is 17.9 Å². The largest absolute Gasteiger partial charge is 0.358 e. The van der Waals surface area contributed by atoms with Crippen LogP contribution in [0.15, 0.2) is 42.6 Å². The van der Waals surface area contributed by atoms with Crippen LogP contribution in [0.1, 0.15) is 27.4 Å². The highest BCUT2D eigenvalue weighted by Crippen LogP contribution is 2.24. The summed E-state index contributed by atoms with van der Waals surface area (Å²) in [6, 6.07) is 11.5. The first-order chi connectivity index (χ1) is 11.6. The van der Waals surface area contributed by atoms with Crippen molar-refractivity contribution in [1.29, 1.82) is 0 Å². The number of carbonyl (C=O) groups is 1. The summed E-state index contributed by atoms with van der Waals surface area (Å²) in [5.41, 5.74) is 4.52. The minimum Gasteiger partial charge on any atom is -0.358 e. The molecule has 0 aliphatic heterocycles. The van der Waals surface area contributed by atoms with Gasteiger partial charge in [-0.25, -0.2) is 0 Å². The van der Waals surface area contributed by atoms with Crippen molar-refractivity contribution in [3.05, 3.63) is 65.2 Å². The third kappa shape index (κ3) is 2.23. The summed E-state index contributed by atoms with van der Waals surface area (Å²) in [7, 11) is 0. The Morgan fingerprint density at radius 2 is 2.04 bits per heavy atom. The average Bonchev–Trinajstić information content (AvgIpc) is 3.14. The molecule has 6 heteroatoms. The second-order valence-electron chi connectivity index (χ2n) is 5.83. The molecule has 0 bridgehead atoms. The molecule has 1 amide bonds.